The number of halogens is 1. The van der Waals surface area contributed by atoms with Crippen LogP contribution < -0.4 is 10.6 Å². The third kappa shape index (κ3) is 1.73. The summed E-state index contributed by atoms with van der Waals surface area (Å²) in [5.74, 6) is -0.0529. The number of carbonyl (C=O) groups is 1. The molecular weight excluding hydrogens is 384 g/mol. The summed E-state index contributed by atoms with van der Waals surface area (Å²) >= 11 is 4.95. The summed E-state index contributed by atoms with van der Waals surface area (Å²) in [5, 5.41) is 4.01. The second-order valence-electron chi connectivity index (χ2n) is 5.78. The molecule has 4 aromatic carbocycles. The lowest BCUT2D eigenvalue weighted by Gasteiger charge is -2.00. The Hall–Kier alpha value is -2.17. The zero-order valence-corrected chi connectivity index (χ0v) is 14.7. The van der Waals surface area contributed by atoms with Crippen LogP contribution in [-0.2, 0) is 0 Å². The molecule has 0 saturated carbocycles. The van der Waals surface area contributed by atoms with Crippen LogP contribution in [0.1, 0.15) is 10.4 Å². The Labute approximate surface area is 149 Å². The summed E-state index contributed by atoms with van der Waals surface area (Å²) in [4.78, 5) is 27.3. The molecule has 1 aliphatic heterocycles. The molecule has 4 aromatic rings. The maximum Gasteiger partial charge on any atom is 0.201 e. The van der Waals surface area contributed by atoms with Crippen LogP contribution in [0, 0.1) is 0 Å². The first kappa shape index (κ1) is 14.2. The molecule has 0 aliphatic carbocycles. The topological polar surface area (TPSA) is 34.1 Å². The van der Waals surface area contributed by atoms with Crippen LogP contribution in [0.4, 0.5) is 0 Å². The fraction of sp³-hybridized carbons (Fsp3) is 0. The summed E-state index contributed by atoms with van der Waals surface area (Å²) in [5.41, 5.74) is 0.625. The van der Waals surface area contributed by atoms with Crippen molar-refractivity contribution in [1.29, 1.82) is 0 Å². The fourth-order valence-electron chi connectivity index (χ4n) is 3.44. The maximum absolute atomic E-state index is 13.0. The molecule has 1 heterocycles. The molecule has 0 bridgehead atoms. The average Bonchev–Trinajstić information content (AvgIpc) is 3.07. The van der Waals surface area contributed by atoms with E-state index in [9.17, 15) is 9.59 Å². The predicted molar refractivity (Wildman–Crippen MR) is 102 cm³/mol. The smallest absolute Gasteiger partial charge is 0.201 e. The van der Waals surface area contributed by atoms with E-state index < -0.39 is 0 Å². The average molecular weight is 393 g/mol. The van der Waals surface area contributed by atoms with Crippen LogP contribution in [0.25, 0.3) is 26.5 Å². The van der Waals surface area contributed by atoms with Crippen molar-refractivity contribution in [3.63, 3.8) is 0 Å². The fourth-order valence-corrected chi connectivity index (χ4v) is 5.04. The van der Waals surface area contributed by atoms with Gasteiger partial charge in [-0.25, -0.2) is 0 Å². The van der Waals surface area contributed by atoms with Crippen LogP contribution in [-0.4, -0.2) is 5.78 Å². The molecule has 0 atom stereocenters. The highest BCUT2D eigenvalue weighted by Crippen LogP contribution is 2.40. The van der Waals surface area contributed by atoms with Crippen molar-refractivity contribution in [1.82, 2.24) is 0 Å². The Balaban J connectivity index is 2.00. The van der Waals surface area contributed by atoms with E-state index in [1.54, 1.807) is 0 Å². The zero-order chi connectivity index (χ0) is 16.4. The number of Topliss-reactive ketones (excluding diaryl/α,β-unsaturated/α-hetero) is 1. The Morgan fingerprint density at radius 1 is 0.792 bits per heavy atom. The van der Waals surface area contributed by atoms with Gasteiger partial charge in [0.15, 0.2) is 5.43 Å². The molecule has 4 heteroatoms. The van der Waals surface area contributed by atoms with Crippen LogP contribution in [0.5, 0.6) is 0 Å². The highest BCUT2D eigenvalue weighted by Gasteiger charge is 2.28. The van der Waals surface area contributed by atoms with E-state index >= 15 is 0 Å². The van der Waals surface area contributed by atoms with E-state index in [-0.39, 0.29) is 11.2 Å². The molecule has 0 aromatic heterocycles. The van der Waals surface area contributed by atoms with Crippen LogP contribution >= 0.6 is 27.7 Å². The number of hydrogen-bond acceptors (Lipinski definition) is 3. The molecule has 0 spiro atoms. The SMILES string of the molecule is O=C1/C(=c2/c(=O)c3ccc(Br)c4cccc2c43)Sc2ccccc21. The molecule has 0 saturated heterocycles. The number of hydrogen-bond donors (Lipinski definition) is 0. The van der Waals surface area contributed by atoms with Crippen molar-refractivity contribution in [2.45, 2.75) is 4.90 Å². The van der Waals surface area contributed by atoms with Gasteiger partial charge in [0.1, 0.15) is 0 Å². The van der Waals surface area contributed by atoms with E-state index in [4.69, 9.17) is 0 Å². The molecule has 0 N–H and O–H groups in total. The first-order valence-electron chi connectivity index (χ1n) is 7.49. The van der Waals surface area contributed by atoms with Crippen molar-refractivity contribution in [2.24, 2.45) is 0 Å². The Kier molecular flexibility index (Phi) is 2.91. The lowest BCUT2D eigenvalue weighted by molar-refractivity contribution is 0.105. The van der Waals surface area contributed by atoms with E-state index in [0.29, 0.717) is 21.1 Å². The number of thioether (sulfide) groups is 1. The van der Waals surface area contributed by atoms with Crippen LogP contribution in [0.2, 0.25) is 0 Å². The Morgan fingerprint density at radius 3 is 2.42 bits per heavy atom. The molecule has 1 aliphatic rings. The van der Waals surface area contributed by atoms with Gasteiger partial charge in [-0.2, -0.15) is 0 Å². The molecule has 0 fully saturated rings. The van der Waals surface area contributed by atoms with Gasteiger partial charge in [0, 0.05) is 30.9 Å². The molecular formula is C20H9BrO2S. The quantitative estimate of drug-likeness (QED) is 0.445. The number of carbonyl (C=O) groups excluding carboxylic acids is 1. The number of fused-ring (bicyclic) bond motifs is 1. The van der Waals surface area contributed by atoms with Gasteiger partial charge in [-0.3, -0.25) is 9.59 Å². The first-order chi connectivity index (χ1) is 11.7. The summed E-state index contributed by atoms with van der Waals surface area (Å²) in [7, 11) is 0. The Morgan fingerprint density at radius 2 is 1.58 bits per heavy atom. The molecule has 5 rings (SSSR count). The van der Waals surface area contributed by atoms with Gasteiger partial charge in [0.2, 0.25) is 5.78 Å². The summed E-state index contributed by atoms with van der Waals surface area (Å²) < 4.78 is 0.954. The highest BCUT2D eigenvalue weighted by atomic mass is 79.9. The van der Waals surface area contributed by atoms with Gasteiger partial charge in [-0.1, -0.05) is 58.0 Å². The second kappa shape index (κ2) is 4.91. The second-order valence-corrected chi connectivity index (χ2v) is 7.69. The maximum atomic E-state index is 13.0. The van der Waals surface area contributed by atoms with E-state index in [1.165, 1.54) is 11.8 Å². The van der Waals surface area contributed by atoms with Gasteiger partial charge < -0.3 is 0 Å². The first-order valence-corrected chi connectivity index (χ1v) is 9.10. The molecule has 0 unspecified atom stereocenters. The molecule has 0 amide bonds. The van der Waals surface area contributed by atoms with Crippen LogP contribution in [0.3, 0.4) is 0 Å². The minimum atomic E-state index is -0.0580. The lowest BCUT2D eigenvalue weighted by atomic mass is 10.1. The van der Waals surface area contributed by atoms with E-state index in [2.05, 4.69) is 15.9 Å². The van der Waals surface area contributed by atoms with Gasteiger partial charge in [-0.05, 0) is 35.0 Å². The molecule has 0 radical (unpaired) electrons. The van der Waals surface area contributed by atoms with E-state index in [1.807, 2.05) is 54.6 Å². The van der Waals surface area contributed by atoms with Gasteiger partial charge in [0.25, 0.3) is 0 Å². The summed E-state index contributed by atoms with van der Waals surface area (Å²) in [6.07, 6.45) is 0. The van der Waals surface area contributed by atoms with Crippen molar-refractivity contribution >= 4 is 59.9 Å². The van der Waals surface area contributed by atoms with Gasteiger partial charge in [0.05, 0.1) is 4.91 Å². The van der Waals surface area contributed by atoms with Gasteiger partial charge >= 0.3 is 0 Å². The van der Waals surface area contributed by atoms with Crippen LogP contribution in [0.15, 0.2) is 68.8 Å². The largest absolute Gasteiger partial charge is 0.289 e. The summed E-state index contributed by atoms with van der Waals surface area (Å²) in [6, 6.07) is 17.1. The predicted octanol–water partition coefficient (Wildman–Crippen LogP) is 4.37. The molecule has 114 valence electrons. The van der Waals surface area contributed by atoms with Crippen molar-refractivity contribution in [3.05, 3.63) is 80.1 Å². The Bertz CT molecular complexity index is 1280. The lowest BCUT2D eigenvalue weighted by Crippen LogP contribution is -2.23. The van der Waals surface area contributed by atoms with Crippen molar-refractivity contribution < 1.29 is 4.79 Å². The van der Waals surface area contributed by atoms with Crippen molar-refractivity contribution in [2.75, 3.05) is 0 Å². The number of ketones is 1. The molecule has 24 heavy (non-hydrogen) atoms. The number of rotatable bonds is 0. The van der Waals surface area contributed by atoms with E-state index in [0.717, 1.165) is 25.5 Å². The highest BCUT2D eigenvalue weighted by molar-refractivity contribution is 9.10. The monoisotopic (exact) mass is 392 g/mol. The minimum absolute atomic E-state index is 0.0529. The zero-order valence-electron chi connectivity index (χ0n) is 12.3. The van der Waals surface area contributed by atoms with Gasteiger partial charge in [-0.15, -0.1) is 0 Å². The third-order valence-corrected chi connectivity index (χ3v) is 6.37. The summed E-state index contributed by atoms with van der Waals surface area (Å²) in [6.45, 7) is 0. The minimum Gasteiger partial charge on any atom is -0.289 e. The normalized spacial score (nSPS) is 16.3. The van der Waals surface area contributed by atoms with Crippen molar-refractivity contribution in [3.8, 4) is 0 Å². The number of benzene rings is 3. The molecule has 2 nitrogen and oxygen atoms in total. The standard InChI is InChI=1S/C20H9BrO2S/c21-14-9-8-13-16-10(14)5-3-6-12(16)17(18(13)22)20-19(23)11-4-1-2-7-15(11)24-20/h1-9H/b20-17-. The third-order valence-electron chi connectivity index (χ3n) is 4.51.